The molecule has 2 rings (SSSR count). The minimum atomic E-state index is -0.839. The van der Waals surface area contributed by atoms with Crippen molar-refractivity contribution in [3.63, 3.8) is 0 Å². The number of nitrogens with zero attached hydrogens (tertiary/aromatic N) is 2. The lowest BCUT2D eigenvalue weighted by Crippen LogP contribution is -2.08. The number of aromatic nitrogens is 2. The Bertz CT molecular complexity index is 415. The van der Waals surface area contributed by atoms with Gasteiger partial charge in [-0.1, -0.05) is 26.7 Å². The molecule has 0 aliphatic heterocycles. The van der Waals surface area contributed by atoms with Gasteiger partial charge in [0.2, 0.25) is 0 Å². The first-order valence-corrected chi connectivity index (χ1v) is 6.99. The molecule has 1 aliphatic carbocycles. The third-order valence-electron chi connectivity index (χ3n) is 4.05. The van der Waals surface area contributed by atoms with E-state index in [1.165, 1.54) is 12.8 Å². The highest BCUT2D eigenvalue weighted by Crippen LogP contribution is 2.35. The lowest BCUT2D eigenvalue weighted by molar-refractivity contribution is 0.0695. The van der Waals surface area contributed by atoms with Gasteiger partial charge >= 0.3 is 5.97 Å². The molecule has 1 heterocycles. The van der Waals surface area contributed by atoms with Gasteiger partial charge in [-0.2, -0.15) is 5.10 Å². The van der Waals surface area contributed by atoms with E-state index in [1.807, 2.05) is 4.68 Å². The molecule has 0 atom stereocenters. The van der Waals surface area contributed by atoms with Crippen LogP contribution in [0, 0.1) is 0 Å². The van der Waals surface area contributed by atoms with Gasteiger partial charge in [-0.15, -0.1) is 0 Å². The number of rotatable bonds is 5. The van der Waals surface area contributed by atoms with Gasteiger partial charge < -0.3 is 5.11 Å². The first kappa shape index (κ1) is 13.1. The number of aromatic carboxylic acids is 1. The zero-order chi connectivity index (χ0) is 13.1. The normalized spacial score (nSPS) is 16.6. The first-order valence-electron chi connectivity index (χ1n) is 6.99. The van der Waals surface area contributed by atoms with Crippen LogP contribution < -0.4 is 0 Å². The van der Waals surface area contributed by atoms with Crippen LogP contribution in [0.4, 0.5) is 0 Å². The van der Waals surface area contributed by atoms with Gasteiger partial charge in [0.15, 0.2) is 0 Å². The molecular formula is C14H22N2O2. The first-order chi connectivity index (χ1) is 8.67. The van der Waals surface area contributed by atoms with E-state index in [9.17, 15) is 9.90 Å². The smallest absolute Gasteiger partial charge is 0.339 e. The summed E-state index contributed by atoms with van der Waals surface area (Å²) < 4.78 is 1.87. The van der Waals surface area contributed by atoms with Crippen LogP contribution in [-0.2, 0) is 0 Å². The summed E-state index contributed by atoms with van der Waals surface area (Å²) in [7, 11) is 0. The fraction of sp³-hybridized carbons (Fsp3) is 0.714. The Morgan fingerprint density at radius 2 is 2.06 bits per heavy atom. The third kappa shape index (κ3) is 2.42. The van der Waals surface area contributed by atoms with Crippen LogP contribution in [0.1, 0.15) is 80.4 Å². The number of carboxylic acid groups (broad SMARTS) is 1. The van der Waals surface area contributed by atoms with Crippen molar-refractivity contribution < 1.29 is 9.90 Å². The Labute approximate surface area is 108 Å². The maximum Gasteiger partial charge on any atom is 0.339 e. The molecule has 1 fully saturated rings. The number of hydrogen-bond acceptors (Lipinski definition) is 2. The molecule has 1 aromatic rings. The van der Waals surface area contributed by atoms with E-state index in [0.29, 0.717) is 17.5 Å². The summed E-state index contributed by atoms with van der Waals surface area (Å²) in [5, 5.41) is 13.9. The molecule has 0 amide bonds. The van der Waals surface area contributed by atoms with Crippen molar-refractivity contribution in [2.24, 2.45) is 0 Å². The van der Waals surface area contributed by atoms with Crippen LogP contribution in [0.15, 0.2) is 6.20 Å². The average molecular weight is 250 g/mol. The molecule has 1 saturated carbocycles. The summed E-state index contributed by atoms with van der Waals surface area (Å²) in [6.07, 6.45) is 8.26. The van der Waals surface area contributed by atoms with Crippen LogP contribution in [0.5, 0.6) is 0 Å². The number of hydrogen-bond donors (Lipinski definition) is 1. The fourth-order valence-electron chi connectivity index (χ4n) is 2.92. The fourth-order valence-corrected chi connectivity index (χ4v) is 2.92. The molecule has 0 radical (unpaired) electrons. The predicted molar refractivity (Wildman–Crippen MR) is 70.0 cm³/mol. The van der Waals surface area contributed by atoms with E-state index in [1.54, 1.807) is 6.20 Å². The van der Waals surface area contributed by atoms with E-state index in [0.717, 1.165) is 31.4 Å². The molecule has 0 bridgehead atoms. The summed E-state index contributed by atoms with van der Waals surface area (Å²) in [4.78, 5) is 11.3. The van der Waals surface area contributed by atoms with E-state index in [2.05, 4.69) is 18.9 Å². The zero-order valence-electron chi connectivity index (χ0n) is 11.2. The number of carbonyl (C=O) groups is 1. The highest BCUT2D eigenvalue weighted by atomic mass is 16.4. The maximum absolute atomic E-state index is 11.3. The van der Waals surface area contributed by atoms with Crippen LogP contribution in [-0.4, -0.2) is 20.9 Å². The van der Waals surface area contributed by atoms with Crippen molar-refractivity contribution in [1.29, 1.82) is 0 Å². The van der Waals surface area contributed by atoms with Crippen molar-refractivity contribution in [2.75, 3.05) is 0 Å². The van der Waals surface area contributed by atoms with Gasteiger partial charge in [-0.3, -0.25) is 4.68 Å². The van der Waals surface area contributed by atoms with Gasteiger partial charge in [0.05, 0.1) is 11.7 Å². The van der Waals surface area contributed by atoms with E-state index in [4.69, 9.17) is 0 Å². The molecular weight excluding hydrogens is 228 g/mol. The Morgan fingerprint density at radius 3 is 2.56 bits per heavy atom. The summed E-state index contributed by atoms with van der Waals surface area (Å²) >= 11 is 0. The van der Waals surface area contributed by atoms with E-state index in [-0.39, 0.29) is 0 Å². The second-order valence-corrected chi connectivity index (χ2v) is 5.16. The monoisotopic (exact) mass is 250 g/mol. The second-order valence-electron chi connectivity index (χ2n) is 5.16. The zero-order valence-corrected chi connectivity index (χ0v) is 11.2. The molecule has 1 aromatic heterocycles. The van der Waals surface area contributed by atoms with Crippen molar-refractivity contribution in [3.8, 4) is 0 Å². The molecule has 0 spiro atoms. The second kappa shape index (κ2) is 5.55. The van der Waals surface area contributed by atoms with Crippen molar-refractivity contribution >= 4 is 5.97 Å². The maximum atomic E-state index is 11.3. The summed E-state index contributed by atoms with van der Waals surface area (Å²) in [5.41, 5.74) is 1.22. The Morgan fingerprint density at radius 1 is 1.44 bits per heavy atom. The standard InChI is InChI=1S/C14H22N2O2/c1-3-11(4-2)16-9-12(14(17)18)13(15-16)10-7-5-6-8-10/h9-11H,3-8H2,1-2H3,(H,17,18). The lowest BCUT2D eigenvalue weighted by Gasteiger charge is -2.13. The molecule has 0 aromatic carbocycles. The minimum Gasteiger partial charge on any atom is -0.478 e. The highest BCUT2D eigenvalue weighted by Gasteiger charge is 2.27. The highest BCUT2D eigenvalue weighted by molar-refractivity contribution is 5.88. The molecule has 1 aliphatic rings. The summed E-state index contributed by atoms with van der Waals surface area (Å²) in [5.74, 6) is -0.485. The topological polar surface area (TPSA) is 55.1 Å². The van der Waals surface area contributed by atoms with Crippen LogP contribution in [0.3, 0.4) is 0 Å². The van der Waals surface area contributed by atoms with E-state index < -0.39 is 5.97 Å². The number of carboxylic acids is 1. The van der Waals surface area contributed by atoms with Gasteiger partial charge in [0, 0.05) is 12.1 Å². The minimum absolute atomic E-state index is 0.318. The molecule has 18 heavy (non-hydrogen) atoms. The molecule has 4 nitrogen and oxygen atoms in total. The molecule has 1 N–H and O–H groups in total. The largest absolute Gasteiger partial charge is 0.478 e. The Hall–Kier alpha value is -1.32. The van der Waals surface area contributed by atoms with Crippen molar-refractivity contribution in [2.45, 2.75) is 64.3 Å². The average Bonchev–Trinajstić information content (AvgIpc) is 2.98. The van der Waals surface area contributed by atoms with Gasteiger partial charge in [0.1, 0.15) is 5.56 Å². The SMILES string of the molecule is CCC(CC)n1cc(C(=O)O)c(C2CCCC2)n1. The van der Waals surface area contributed by atoms with Crippen LogP contribution in [0.2, 0.25) is 0 Å². The summed E-state index contributed by atoms with van der Waals surface area (Å²) in [6, 6.07) is 0.318. The molecule has 0 saturated heterocycles. The van der Waals surface area contributed by atoms with E-state index >= 15 is 0 Å². The molecule has 4 heteroatoms. The quantitative estimate of drug-likeness (QED) is 0.868. The van der Waals surface area contributed by atoms with Crippen molar-refractivity contribution in [1.82, 2.24) is 9.78 Å². The summed E-state index contributed by atoms with van der Waals surface area (Å²) in [6.45, 7) is 4.23. The Kier molecular flexibility index (Phi) is 4.04. The van der Waals surface area contributed by atoms with Crippen molar-refractivity contribution in [3.05, 3.63) is 17.5 Å². The lowest BCUT2D eigenvalue weighted by atomic mass is 10.0. The third-order valence-corrected chi connectivity index (χ3v) is 4.05. The van der Waals surface area contributed by atoms with Gasteiger partial charge in [-0.05, 0) is 25.7 Å². The van der Waals surface area contributed by atoms with Crippen LogP contribution in [0.25, 0.3) is 0 Å². The molecule has 0 unspecified atom stereocenters. The Balaban J connectivity index is 2.34. The molecule has 100 valence electrons. The van der Waals surface area contributed by atoms with Gasteiger partial charge in [0.25, 0.3) is 0 Å². The van der Waals surface area contributed by atoms with Gasteiger partial charge in [-0.25, -0.2) is 4.79 Å². The van der Waals surface area contributed by atoms with Crippen LogP contribution >= 0.6 is 0 Å². The predicted octanol–water partition coefficient (Wildman–Crippen LogP) is 3.60.